The van der Waals surface area contributed by atoms with Gasteiger partial charge in [0.1, 0.15) is 10.3 Å². The summed E-state index contributed by atoms with van der Waals surface area (Å²) in [6, 6.07) is 8.08. The Morgan fingerprint density at radius 3 is 2.71 bits per heavy atom. The van der Waals surface area contributed by atoms with Crippen LogP contribution in [-0.4, -0.2) is 81.8 Å². The zero-order valence-electron chi connectivity index (χ0n) is 21.2. The molecule has 0 spiro atoms. The van der Waals surface area contributed by atoms with Gasteiger partial charge in [0.15, 0.2) is 26.8 Å². The number of rotatable bonds is 11. The van der Waals surface area contributed by atoms with E-state index in [1.807, 2.05) is 20.2 Å². The molecule has 5 rings (SSSR count). The molecule has 1 saturated carbocycles. The van der Waals surface area contributed by atoms with Crippen molar-refractivity contribution in [3.8, 4) is 0 Å². The lowest BCUT2D eigenvalue weighted by molar-refractivity contribution is -0.110. The van der Waals surface area contributed by atoms with E-state index in [-0.39, 0.29) is 22.0 Å². The molecule has 0 radical (unpaired) electrons. The summed E-state index contributed by atoms with van der Waals surface area (Å²) in [6.45, 7) is 2.55. The molecule has 3 heterocycles. The number of hydrogen-bond donors (Lipinski definition) is 2. The molecule has 38 heavy (non-hydrogen) atoms. The molecular weight excluding hydrogens is 528 g/mol. The molecule has 2 aliphatic rings. The average molecular weight is 559 g/mol. The smallest absolute Gasteiger partial charge is 0.280 e. The van der Waals surface area contributed by atoms with Crippen molar-refractivity contribution >= 4 is 54.0 Å². The van der Waals surface area contributed by atoms with Crippen molar-refractivity contribution in [1.82, 2.24) is 15.3 Å². The van der Waals surface area contributed by atoms with Gasteiger partial charge in [-0.05, 0) is 38.1 Å². The van der Waals surface area contributed by atoms with Crippen LogP contribution in [0.1, 0.15) is 24.8 Å². The molecule has 0 unspecified atom stereocenters. The summed E-state index contributed by atoms with van der Waals surface area (Å²) in [5, 5.41) is 10.2. The van der Waals surface area contributed by atoms with E-state index in [2.05, 4.69) is 30.7 Å². The number of fused-ring (bicyclic) bond motifs is 1. The second-order valence-corrected chi connectivity index (χ2v) is 12.5. The first-order chi connectivity index (χ1) is 18.4. The van der Waals surface area contributed by atoms with Crippen LogP contribution in [0.15, 0.2) is 46.6 Å². The van der Waals surface area contributed by atoms with Gasteiger partial charge in [0.05, 0.1) is 29.0 Å². The predicted molar refractivity (Wildman–Crippen MR) is 147 cm³/mol. The van der Waals surface area contributed by atoms with Crippen LogP contribution in [0.3, 0.4) is 0 Å². The van der Waals surface area contributed by atoms with Crippen LogP contribution < -0.4 is 15.5 Å². The fourth-order valence-electron chi connectivity index (χ4n) is 4.06. The summed E-state index contributed by atoms with van der Waals surface area (Å²) in [6.07, 6.45) is 3.50. The molecule has 2 aromatic heterocycles. The second kappa shape index (κ2) is 11.3. The number of anilines is 2. The maximum Gasteiger partial charge on any atom is 0.280 e. The van der Waals surface area contributed by atoms with Crippen LogP contribution in [0, 0.1) is 0 Å². The normalized spacial score (nSPS) is 18.1. The van der Waals surface area contributed by atoms with E-state index in [1.165, 1.54) is 23.5 Å². The standard InChI is InChI=1S/C25H30N6O5S2/c1-26-12-13-31(2)20-9-11-27-24-22(20)28-25(37-24)29-23(32)21(30-36-17-10-14-35-15-17)16-3-5-18(6-4-16)38(33,34)19-7-8-19/h3-6,9,11,17,19,26H,7-8,10,12-15H2,1-2H3,(H,28,29,32)/b30-21+/t17-/m1/s1. The third-order valence-electron chi connectivity index (χ3n) is 6.42. The van der Waals surface area contributed by atoms with Gasteiger partial charge in [-0.25, -0.2) is 18.4 Å². The molecule has 11 nitrogen and oxygen atoms in total. The number of thiazole rings is 1. The number of nitrogens with one attached hydrogen (secondary N) is 2. The Hall–Kier alpha value is -3.13. The number of nitrogens with zero attached hydrogens (tertiary/aromatic N) is 4. The summed E-state index contributed by atoms with van der Waals surface area (Å²) in [7, 11) is 0.529. The van der Waals surface area contributed by atoms with Crippen LogP contribution >= 0.6 is 11.3 Å². The molecule has 0 bridgehead atoms. The summed E-state index contributed by atoms with van der Waals surface area (Å²) in [4.78, 5) is 31.1. The van der Waals surface area contributed by atoms with E-state index in [0.29, 0.717) is 53.5 Å². The van der Waals surface area contributed by atoms with Gasteiger partial charge in [-0.3, -0.25) is 10.1 Å². The number of aromatic nitrogens is 2. The molecule has 3 aromatic rings. The van der Waals surface area contributed by atoms with Crippen LogP contribution in [-0.2, 0) is 24.2 Å². The van der Waals surface area contributed by atoms with Gasteiger partial charge in [-0.15, -0.1) is 0 Å². The SMILES string of the molecule is CNCCN(C)c1ccnc2sc(NC(=O)/C(=N/O[C@@H]3CCOC3)c3ccc(S(=O)(=O)C4CC4)cc3)nc12. The number of carbonyl (C=O) groups is 1. The minimum atomic E-state index is -3.35. The highest BCUT2D eigenvalue weighted by atomic mass is 32.2. The number of likely N-dealkylation sites (N-methyl/N-ethyl adjacent to an activating group) is 2. The molecule has 1 aromatic carbocycles. The van der Waals surface area contributed by atoms with Crippen molar-refractivity contribution in [2.24, 2.45) is 5.16 Å². The van der Waals surface area contributed by atoms with Gasteiger partial charge in [0.2, 0.25) is 0 Å². The van der Waals surface area contributed by atoms with Crippen molar-refractivity contribution < 1.29 is 22.8 Å². The number of ether oxygens (including phenoxy) is 1. The van der Waals surface area contributed by atoms with Gasteiger partial charge in [0.25, 0.3) is 5.91 Å². The quantitative estimate of drug-likeness (QED) is 0.269. The molecule has 1 saturated heterocycles. The minimum absolute atomic E-state index is 0.0193. The molecule has 13 heteroatoms. The van der Waals surface area contributed by atoms with Gasteiger partial charge in [0, 0.05) is 38.3 Å². The molecule has 2 N–H and O–H groups in total. The fourth-order valence-corrected chi connectivity index (χ4v) is 6.54. The van der Waals surface area contributed by atoms with E-state index >= 15 is 0 Å². The van der Waals surface area contributed by atoms with E-state index in [0.717, 1.165) is 18.8 Å². The number of hydrogen-bond acceptors (Lipinski definition) is 11. The molecule has 1 aliphatic carbocycles. The number of oxime groups is 1. The highest BCUT2D eigenvalue weighted by Gasteiger charge is 2.36. The summed E-state index contributed by atoms with van der Waals surface area (Å²) in [5.41, 5.74) is 2.06. The molecular formula is C25H30N6O5S2. The first-order valence-electron chi connectivity index (χ1n) is 12.5. The summed E-state index contributed by atoms with van der Waals surface area (Å²) in [5.74, 6) is -0.522. The minimum Gasteiger partial charge on any atom is -0.389 e. The zero-order valence-corrected chi connectivity index (χ0v) is 22.8. The topological polar surface area (TPSA) is 135 Å². The fraction of sp³-hybridized carbons (Fsp3) is 0.440. The lowest BCUT2D eigenvalue weighted by Gasteiger charge is -2.18. The Morgan fingerprint density at radius 2 is 2.03 bits per heavy atom. The van der Waals surface area contributed by atoms with Crippen LogP contribution in [0.25, 0.3) is 10.3 Å². The Kier molecular flexibility index (Phi) is 7.88. The van der Waals surface area contributed by atoms with Crippen molar-refractivity contribution in [1.29, 1.82) is 0 Å². The zero-order chi connectivity index (χ0) is 26.7. The Bertz CT molecular complexity index is 1430. The van der Waals surface area contributed by atoms with Crippen molar-refractivity contribution in [2.45, 2.75) is 35.5 Å². The van der Waals surface area contributed by atoms with Gasteiger partial charge >= 0.3 is 0 Å². The van der Waals surface area contributed by atoms with E-state index in [4.69, 9.17) is 9.57 Å². The number of benzene rings is 1. The Balaban J connectivity index is 1.40. The van der Waals surface area contributed by atoms with Crippen LogP contribution in [0.2, 0.25) is 0 Å². The number of sulfone groups is 1. The second-order valence-electron chi connectivity index (χ2n) is 9.28. The van der Waals surface area contributed by atoms with E-state index < -0.39 is 15.7 Å². The first kappa shape index (κ1) is 26.5. The maximum atomic E-state index is 13.4. The highest BCUT2D eigenvalue weighted by Crippen LogP contribution is 2.34. The number of pyridine rings is 1. The monoisotopic (exact) mass is 558 g/mol. The predicted octanol–water partition coefficient (Wildman–Crippen LogP) is 2.43. The van der Waals surface area contributed by atoms with E-state index in [1.54, 1.807) is 18.3 Å². The maximum absolute atomic E-state index is 13.4. The van der Waals surface area contributed by atoms with Gasteiger partial charge in [-0.1, -0.05) is 28.6 Å². The number of carbonyl (C=O) groups excluding carboxylic acids is 1. The van der Waals surface area contributed by atoms with E-state index in [9.17, 15) is 13.2 Å². The Labute approximate surface area is 225 Å². The first-order valence-corrected chi connectivity index (χ1v) is 14.8. The lowest BCUT2D eigenvalue weighted by atomic mass is 10.1. The number of amides is 1. The van der Waals surface area contributed by atoms with Gasteiger partial charge < -0.3 is 19.8 Å². The average Bonchev–Trinajstić information content (AvgIpc) is 3.51. The van der Waals surface area contributed by atoms with Crippen LogP contribution in [0.5, 0.6) is 0 Å². The summed E-state index contributed by atoms with van der Waals surface area (Å²) >= 11 is 1.26. The Morgan fingerprint density at radius 1 is 1.24 bits per heavy atom. The molecule has 1 atom stereocenters. The highest BCUT2D eigenvalue weighted by molar-refractivity contribution is 7.92. The molecule has 2 fully saturated rings. The summed E-state index contributed by atoms with van der Waals surface area (Å²) < 4.78 is 30.5. The third kappa shape index (κ3) is 5.80. The molecule has 1 aliphatic heterocycles. The van der Waals surface area contributed by atoms with Crippen LogP contribution in [0.4, 0.5) is 10.8 Å². The molecule has 1 amide bonds. The molecule has 202 valence electrons. The lowest BCUT2D eigenvalue weighted by Crippen LogP contribution is -2.27. The van der Waals surface area contributed by atoms with Crippen molar-refractivity contribution in [3.05, 3.63) is 42.1 Å². The van der Waals surface area contributed by atoms with Crippen molar-refractivity contribution in [2.75, 3.05) is 50.6 Å². The largest absolute Gasteiger partial charge is 0.389 e. The third-order valence-corrected chi connectivity index (χ3v) is 9.58. The van der Waals surface area contributed by atoms with Crippen molar-refractivity contribution in [3.63, 3.8) is 0 Å². The van der Waals surface area contributed by atoms with Gasteiger partial charge in [-0.2, -0.15) is 0 Å².